The van der Waals surface area contributed by atoms with Gasteiger partial charge in [-0.15, -0.1) is 0 Å². The van der Waals surface area contributed by atoms with Gasteiger partial charge in [-0.05, 0) is 43.7 Å². The first-order chi connectivity index (χ1) is 18.0. The number of H-pyrrole nitrogens is 1. The van der Waals surface area contributed by atoms with Crippen LogP contribution in [0.15, 0.2) is 59.0 Å². The summed E-state index contributed by atoms with van der Waals surface area (Å²) in [4.78, 5) is 6.19. The number of allylic oxidation sites excluding steroid dienone is 2. The van der Waals surface area contributed by atoms with Gasteiger partial charge in [-0.25, -0.2) is 4.39 Å². The molecule has 4 rings (SSSR count). The zero-order chi connectivity index (χ0) is 26.2. The number of ether oxygens (including phenoxy) is 2. The van der Waals surface area contributed by atoms with Crippen molar-refractivity contribution in [2.45, 2.75) is 19.4 Å². The monoisotopic (exact) mass is 544 g/mol. The van der Waals surface area contributed by atoms with E-state index in [4.69, 9.17) is 32.7 Å². The first-order valence-electron chi connectivity index (χ1n) is 11.7. The minimum Gasteiger partial charge on any atom is -0.486 e. The largest absolute Gasteiger partial charge is 0.486 e. The summed E-state index contributed by atoms with van der Waals surface area (Å²) in [5, 5.41) is 16.2. The van der Waals surface area contributed by atoms with Gasteiger partial charge < -0.3 is 9.47 Å². The summed E-state index contributed by atoms with van der Waals surface area (Å²) < 4.78 is 26.5. The minimum atomic E-state index is -0.449. The maximum Gasteiger partial charge on any atom is 0.147 e. The molecule has 37 heavy (non-hydrogen) atoms. The molecule has 0 saturated carbocycles. The molecule has 1 aliphatic rings. The van der Waals surface area contributed by atoms with E-state index in [0.717, 1.165) is 18.8 Å². The molecular weight excluding hydrogens is 518 g/mol. The van der Waals surface area contributed by atoms with E-state index < -0.39 is 11.9 Å². The van der Waals surface area contributed by atoms with Crippen molar-refractivity contribution in [1.82, 2.24) is 20.1 Å². The molecule has 3 aromatic rings. The van der Waals surface area contributed by atoms with Crippen LogP contribution in [0.25, 0.3) is 16.7 Å². The Kier molecular flexibility index (Phi) is 9.40. The first kappa shape index (κ1) is 26.9. The number of aromatic nitrogens is 3. The van der Waals surface area contributed by atoms with E-state index in [1.807, 2.05) is 19.1 Å². The Morgan fingerprint density at radius 2 is 2.05 bits per heavy atom. The molecule has 1 fully saturated rings. The van der Waals surface area contributed by atoms with Crippen LogP contribution in [-0.2, 0) is 4.74 Å². The summed E-state index contributed by atoms with van der Waals surface area (Å²) in [5.74, 6) is 0.0787. The molecule has 1 aliphatic heterocycles. The maximum absolute atomic E-state index is 15.1. The Hall–Kier alpha value is -3.11. The van der Waals surface area contributed by atoms with Crippen molar-refractivity contribution >= 4 is 52.4 Å². The van der Waals surface area contributed by atoms with Crippen LogP contribution in [0.3, 0.4) is 0 Å². The average Bonchev–Trinajstić information content (AvgIpc) is 3.30. The van der Waals surface area contributed by atoms with Gasteiger partial charge in [0.15, 0.2) is 0 Å². The minimum absolute atomic E-state index is 0.205. The summed E-state index contributed by atoms with van der Waals surface area (Å²) in [6, 6.07) is 5.30. The molecule has 0 bridgehead atoms. The fraction of sp³-hybridized carbons (Fsp3) is 0.308. The highest BCUT2D eigenvalue weighted by atomic mass is 35.5. The fourth-order valence-corrected chi connectivity index (χ4v) is 4.66. The Balaban J connectivity index is 1.45. The second-order valence-corrected chi connectivity index (χ2v) is 9.18. The molecule has 0 aliphatic carbocycles. The van der Waals surface area contributed by atoms with E-state index >= 15 is 4.39 Å². The van der Waals surface area contributed by atoms with Crippen molar-refractivity contribution < 1.29 is 13.9 Å². The van der Waals surface area contributed by atoms with Crippen LogP contribution in [0.1, 0.15) is 30.7 Å². The third-order valence-electron chi connectivity index (χ3n) is 5.80. The number of nitrogens with one attached hydrogen (secondary N) is 1. The number of morpholine rings is 1. The number of aromatic amines is 1. The van der Waals surface area contributed by atoms with Gasteiger partial charge in [-0.1, -0.05) is 29.3 Å². The molecule has 2 aromatic heterocycles. The highest BCUT2D eigenvalue weighted by Crippen LogP contribution is 2.34. The van der Waals surface area contributed by atoms with Crippen molar-refractivity contribution in [3.8, 4) is 5.75 Å². The molecule has 8 nitrogen and oxygen atoms in total. The molecule has 0 spiro atoms. The Labute approximate surface area is 224 Å². The smallest absolute Gasteiger partial charge is 0.147 e. The summed E-state index contributed by atoms with van der Waals surface area (Å²) in [6.07, 6.45) is 8.06. The van der Waals surface area contributed by atoms with E-state index in [1.54, 1.807) is 18.2 Å². The van der Waals surface area contributed by atoms with E-state index in [0.29, 0.717) is 58.4 Å². The van der Waals surface area contributed by atoms with Gasteiger partial charge >= 0.3 is 0 Å². The molecule has 0 amide bonds. The highest BCUT2D eigenvalue weighted by molar-refractivity contribution is 6.35. The van der Waals surface area contributed by atoms with Gasteiger partial charge in [0.1, 0.15) is 23.4 Å². The van der Waals surface area contributed by atoms with Crippen LogP contribution in [0.5, 0.6) is 5.75 Å². The molecular formula is C26H27Cl2FN6O2. The lowest BCUT2D eigenvalue weighted by Crippen LogP contribution is -2.39. The van der Waals surface area contributed by atoms with E-state index in [2.05, 4.69) is 37.0 Å². The molecule has 11 heteroatoms. The SMILES string of the molecule is C=N/N=C(\C=C/C/C=C(\F)c1n[nH]c2ccc(OC(C)c3c(Cl)cncc3Cl)cc12)CN1CCOCC1. The van der Waals surface area contributed by atoms with E-state index in [9.17, 15) is 0 Å². The number of hydrogen-bond donors (Lipinski definition) is 1. The molecule has 0 radical (unpaired) electrons. The Bertz CT molecular complexity index is 1310. The third-order valence-corrected chi connectivity index (χ3v) is 6.40. The van der Waals surface area contributed by atoms with Gasteiger partial charge in [-0.2, -0.15) is 15.3 Å². The summed E-state index contributed by atoms with van der Waals surface area (Å²) in [5.41, 5.74) is 2.27. The second-order valence-electron chi connectivity index (χ2n) is 8.37. The number of halogens is 3. The molecule has 194 valence electrons. The summed E-state index contributed by atoms with van der Waals surface area (Å²) in [6.45, 7) is 8.96. The van der Waals surface area contributed by atoms with E-state index in [1.165, 1.54) is 18.5 Å². The quantitative estimate of drug-likeness (QED) is 0.248. The number of nitrogens with zero attached hydrogens (tertiary/aromatic N) is 5. The van der Waals surface area contributed by atoms with Crippen LogP contribution < -0.4 is 4.74 Å². The van der Waals surface area contributed by atoms with Crippen LogP contribution in [0.2, 0.25) is 10.0 Å². The zero-order valence-corrected chi connectivity index (χ0v) is 21.8. The maximum atomic E-state index is 15.1. The molecule has 1 unspecified atom stereocenters. The van der Waals surface area contributed by atoms with Crippen molar-refractivity contribution in [3.63, 3.8) is 0 Å². The molecule has 1 aromatic carbocycles. The van der Waals surface area contributed by atoms with Crippen molar-refractivity contribution in [2.24, 2.45) is 10.2 Å². The normalized spacial score (nSPS) is 16.4. The predicted molar refractivity (Wildman–Crippen MR) is 146 cm³/mol. The Morgan fingerprint density at radius 1 is 1.30 bits per heavy atom. The lowest BCUT2D eigenvalue weighted by Gasteiger charge is -2.26. The third kappa shape index (κ3) is 7.01. The van der Waals surface area contributed by atoms with Gasteiger partial charge in [0.25, 0.3) is 0 Å². The second kappa shape index (κ2) is 12.9. The number of rotatable bonds is 10. The molecule has 1 atom stereocenters. The molecule has 3 heterocycles. The summed E-state index contributed by atoms with van der Waals surface area (Å²) in [7, 11) is 0. The standard InChI is InChI=1S/C26H27Cl2FN6O2/c1-17(25-21(27)14-31-15-22(25)28)37-19-7-8-24-20(13-19)26(34-33-24)23(29)6-4-3-5-18(32-30-2)16-35-9-11-36-12-10-35/h3,5-8,13-15,17H,2,4,9-12,16H2,1H3,(H,33,34)/b5-3-,23-6-,32-18+. The number of benzene rings is 1. The van der Waals surface area contributed by atoms with Crippen LogP contribution in [0.4, 0.5) is 4.39 Å². The van der Waals surface area contributed by atoms with Crippen molar-refractivity contribution in [2.75, 3.05) is 32.8 Å². The highest BCUT2D eigenvalue weighted by Gasteiger charge is 2.17. The predicted octanol–water partition coefficient (Wildman–Crippen LogP) is 6.05. The summed E-state index contributed by atoms with van der Waals surface area (Å²) >= 11 is 12.5. The van der Waals surface area contributed by atoms with Crippen LogP contribution in [0, 0.1) is 0 Å². The van der Waals surface area contributed by atoms with E-state index in [-0.39, 0.29) is 5.69 Å². The number of pyridine rings is 1. The number of fused-ring (bicyclic) bond motifs is 1. The van der Waals surface area contributed by atoms with Crippen molar-refractivity contribution in [3.05, 3.63) is 70.1 Å². The van der Waals surface area contributed by atoms with Crippen molar-refractivity contribution in [1.29, 1.82) is 0 Å². The van der Waals surface area contributed by atoms with Gasteiger partial charge in [0.05, 0.1) is 34.5 Å². The lowest BCUT2D eigenvalue weighted by atomic mass is 10.1. The average molecular weight is 545 g/mol. The molecule has 1 saturated heterocycles. The zero-order valence-electron chi connectivity index (χ0n) is 20.3. The molecule has 1 N–H and O–H groups in total. The van der Waals surface area contributed by atoms with Gasteiger partial charge in [0.2, 0.25) is 0 Å². The first-order valence-corrected chi connectivity index (χ1v) is 12.5. The number of hydrogen-bond acceptors (Lipinski definition) is 7. The van der Waals surface area contributed by atoms with Crippen LogP contribution >= 0.6 is 23.2 Å². The Morgan fingerprint density at radius 3 is 2.78 bits per heavy atom. The lowest BCUT2D eigenvalue weighted by molar-refractivity contribution is 0.0453. The van der Waals surface area contributed by atoms with Gasteiger partial charge in [0, 0.05) is 49.7 Å². The topological polar surface area (TPSA) is 88.0 Å². The fourth-order valence-electron chi connectivity index (χ4n) is 3.99. The van der Waals surface area contributed by atoms with Crippen LogP contribution in [-0.4, -0.2) is 65.4 Å². The van der Waals surface area contributed by atoms with Gasteiger partial charge in [-0.3, -0.25) is 15.0 Å².